The number of hydrogen-bond donors (Lipinski definition) is 1. The Morgan fingerprint density at radius 1 is 1.00 bits per heavy atom. The van der Waals surface area contributed by atoms with Crippen molar-refractivity contribution in [2.45, 2.75) is 6.92 Å². The minimum atomic E-state index is -0.230. The van der Waals surface area contributed by atoms with Crippen LogP contribution in [0.5, 0.6) is 17.2 Å². The molecule has 0 heterocycles. The molecule has 2 rings (SSSR count). The third-order valence-corrected chi connectivity index (χ3v) is 2.86. The van der Waals surface area contributed by atoms with Crippen LogP contribution in [0.15, 0.2) is 48.5 Å². The molecule has 0 bridgehead atoms. The highest BCUT2D eigenvalue weighted by molar-refractivity contribution is 5.91. The van der Waals surface area contributed by atoms with Crippen molar-refractivity contribution in [3.05, 3.63) is 48.5 Å². The predicted molar refractivity (Wildman–Crippen MR) is 84.7 cm³/mol. The van der Waals surface area contributed by atoms with Crippen molar-refractivity contribution in [1.29, 1.82) is 0 Å². The second kappa shape index (κ2) is 7.93. The zero-order chi connectivity index (χ0) is 15.8. The van der Waals surface area contributed by atoms with Gasteiger partial charge in [0, 0.05) is 11.8 Å². The first kappa shape index (κ1) is 15.7. The van der Waals surface area contributed by atoms with Gasteiger partial charge in [-0.25, -0.2) is 0 Å². The van der Waals surface area contributed by atoms with Gasteiger partial charge in [0.2, 0.25) is 0 Å². The lowest BCUT2D eigenvalue weighted by molar-refractivity contribution is -0.118. The van der Waals surface area contributed by atoms with Crippen molar-refractivity contribution in [2.75, 3.05) is 25.6 Å². The van der Waals surface area contributed by atoms with E-state index >= 15 is 0 Å². The molecule has 0 fully saturated rings. The number of nitrogens with one attached hydrogen (secondary N) is 1. The topological polar surface area (TPSA) is 56.8 Å². The first-order valence-corrected chi connectivity index (χ1v) is 7.01. The van der Waals surface area contributed by atoms with E-state index in [2.05, 4.69) is 5.32 Å². The van der Waals surface area contributed by atoms with Crippen LogP contribution < -0.4 is 19.5 Å². The zero-order valence-corrected chi connectivity index (χ0v) is 12.7. The summed E-state index contributed by atoms with van der Waals surface area (Å²) in [6.07, 6.45) is 0. The van der Waals surface area contributed by atoms with Crippen LogP contribution in [0, 0.1) is 0 Å². The molecular formula is C17H19NO4. The predicted octanol–water partition coefficient (Wildman–Crippen LogP) is 3.11. The second-order valence-corrected chi connectivity index (χ2v) is 4.47. The van der Waals surface area contributed by atoms with Gasteiger partial charge >= 0.3 is 0 Å². The van der Waals surface area contributed by atoms with Gasteiger partial charge in [0.25, 0.3) is 5.91 Å². The quantitative estimate of drug-likeness (QED) is 0.853. The number of rotatable bonds is 7. The Bertz CT molecular complexity index is 610. The Kier molecular flexibility index (Phi) is 5.65. The highest BCUT2D eigenvalue weighted by atomic mass is 16.5. The summed E-state index contributed by atoms with van der Waals surface area (Å²) in [5, 5.41) is 2.76. The summed E-state index contributed by atoms with van der Waals surface area (Å²) < 4.78 is 15.9. The normalized spacial score (nSPS) is 9.91. The van der Waals surface area contributed by atoms with Crippen molar-refractivity contribution in [3.63, 3.8) is 0 Å². The maximum atomic E-state index is 11.9. The van der Waals surface area contributed by atoms with E-state index < -0.39 is 0 Å². The summed E-state index contributed by atoms with van der Waals surface area (Å²) in [5.41, 5.74) is 0.697. The molecule has 22 heavy (non-hydrogen) atoms. The Morgan fingerprint density at radius 2 is 1.73 bits per heavy atom. The molecule has 0 spiro atoms. The second-order valence-electron chi connectivity index (χ2n) is 4.47. The number of benzene rings is 2. The van der Waals surface area contributed by atoms with Crippen LogP contribution in [0.4, 0.5) is 5.69 Å². The van der Waals surface area contributed by atoms with Gasteiger partial charge in [0.15, 0.2) is 6.61 Å². The smallest absolute Gasteiger partial charge is 0.262 e. The SMILES string of the molecule is CCOc1ccc(NC(=O)COc2cccc(OC)c2)cc1. The molecule has 0 aliphatic carbocycles. The van der Waals surface area contributed by atoms with Crippen LogP contribution in [-0.2, 0) is 4.79 Å². The lowest BCUT2D eigenvalue weighted by atomic mass is 10.3. The van der Waals surface area contributed by atoms with Crippen molar-refractivity contribution < 1.29 is 19.0 Å². The monoisotopic (exact) mass is 301 g/mol. The molecule has 0 radical (unpaired) electrons. The third-order valence-electron chi connectivity index (χ3n) is 2.86. The zero-order valence-electron chi connectivity index (χ0n) is 12.7. The minimum Gasteiger partial charge on any atom is -0.497 e. The van der Waals surface area contributed by atoms with E-state index in [1.165, 1.54) is 0 Å². The van der Waals surface area contributed by atoms with Crippen molar-refractivity contribution in [1.82, 2.24) is 0 Å². The molecule has 0 aliphatic heterocycles. The number of carbonyl (C=O) groups is 1. The number of amides is 1. The maximum absolute atomic E-state index is 11.9. The molecule has 1 amide bonds. The molecular weight excluding hydrogens is 282 g/mol. The van der Waals surface area contributed by atoms with Crippen LogP contribution in [0.2, 0.25) is 0 Å². The van der Waals surface area contributed by atoms with E-state index in [1.807, 2.05) is 25.1 Å². The van der Waals surface area contributed by atoms with E-state index in [0.29, 0.717) is 23.8 Å². The average Bonchev–Trinajstić information content (AvgIpc) is 2.55. The van der Waals surface area contributed by atoms with E-state index in [1.54, 1.807) is 37.4 Å². The first-order valence-electron chi connectivity index (χ1n) is 7.01. The average molecular weight is 301 g/mol. The lowest BCUT2D eigenvalue weighted by Gasteiger charge is -2.09. The fraction of sp³-hybridized carbons (Fsp3) is 0.235. The van der Waals surface area contributed by atoms with Crippen molar-refractivity contribution >= 4 is 11.6 Å². The van der Waals surface area contributed by atoms with E-state index in [0.717, 1.165) is 5.75 Å². The number of carbonyl (C=O) groups excluding carboxylic acids is 1. The minimum absolute atomic E-state index is 0.0691. The molecule has 0 aromatic heterocycles. The molecule has 0 saturated heterocycles. The molecule has 2 aromatic rings. The molecule has 5 nitrogen and oxygen atoms in total. The summed E-state index contributed by atoms with van der Waals surface area (Å²) in [6, 6.07) is 14.3. The van der Waals surface area contributed by atoms with Crippen molar-refractivity contribution in [3.8, 4) is 17.2 Å². The Morgan fingerprint density at radius 3 is 2.41 bits per heavy atom. The largest absolute Gasteiger partial charge is 0.497 e. The molecule has 0 saturated carbocycles. The fourth-order valence-electron chi connectivity index (χ4n) is 1.84. The number of hydrogen-bond acceptors (Lipinski definition) is 4. The van der Waals surface area contributed by atoms with E-state index in [-0.39, 0.29) is 12.5 Å². The van der Waals surface area contributed by atoms with Gasteiger partial charge in [0.1, 0.15) is 17.2 Å². The van der Waals surface area contributed by atoms with Gasteiger partial charge in [-0.1, -0.05) is 6.07 Å². The van der Waals surface area contributed by atoms with Crippen LogP contribution in [0.3, 0.4) is 0 Å². The van der Waals surface area contributed by atoms with Crippen LogP contribution in [0.1, 0.15) is 6.92 Å². The Hall–Kier alpha value is -2.69. The Balaban J connectivity index is 1.84. The van der Waals surface area contributed by atoms with Gasteiger partial charge in [-0.05, 0) is 43.3 Å². The van der Waals surface area contributed by atoms with Gasteiger partial charge in [-0.3, -0.25) is 4.79 Å². The number of anilines is 1. The van der Waals surface area contributed by atoms with Crippen LogP contribution >= 0.6 is 0 Å². The van der Waals surface area contributed by atoms with Crippen LogP contribution in [-0.4, -0.2) is 26.2 Å². The third kappa shape index (κ3) is 4.70. The maximum Gasteiger partial charge on any atom is 0.262 e. The number of ether oxygens (including phenoxy) is 3. The van der Waals surface area contributed by atoms with Gasteiger partial charge in [-0.2, -0.15) is 0 Å². The first-order chi connectivity index (χ1) is 10.7. The molecule has 0 atom stereocenters. The molecule has 116 valence electrons. The summed E-state index contributed by atoms with van der Waals surface area (Å²) in [4.78, 5) is 11.9. The molecule has 2 aromatic carbocycles. The summed E-state index contributed by atoms with van der Waals surface area (Å²) in [6.45, 7) is 2.46. The van der Waals surface area contributed by atoms with Crippen molar-refractivity contribution in [2.24, 2.45) is 0 Å². The highest BCUT2D eigenvalue weighted by Crippen LogP contribution is 2.19. The lowest BCUT2D eigenvalue weighted by Crippen LogP contribution is -2.20. The summed E-state index contributed by atoms with van der Waals surface area (Å²) >= 11 is 0. The fourth-order valence-corrected chi connectivity index (χ4v) is 1.84. The standard InChI is InChI=1S/C17H19NO4/c1-3-21-14-9-7-13(8-10-14)18-17(19)12-22-16-6-4-5-15(11-16)20-2/h4-11H,3,12H2,1-2H3,(H,18,19). The molecule has 1 N–H and O–H groups in total. The van der Waals surface area contributed by atoms with E-state index in [4.69, 9.17) is 14.2 Å². The van der Waals surface area contributed by atoms with Gasteiger partial charge < -0.3 is 19.5 Å². The van der Waals surface area contributed by atoms with E-state index in [9.17, 15) is 4.79 Å². The Labute approximate surface area is 129 Å². The summed E-state index contributed by atoms with van der Waals surface area (Å²) in [7, 11) is 1.58. The van der Waals surface area contributed by atoms with Gasteiger partial charge in [-0.15, -0.1) is 0 Å². The molecule has 0 aliphatic rings. The highest BCUT2D eigenvalue weighted by Gasteiger charge is 2.05. The van der Waals surface area contributed by atoms with Gasteiger partial charge in [0.05, 0.1) is 13.7 Å². The summed E-state index contributed by atoms with van der Waals surface area (Å²) in [5.74, 6) is 1.81. The molecule has 5 heteroatoms. The van der Waals surface area contributed by atoms with Crippen LogP contribution in [0.25, 0.3) is 0 Å². The molecule has 0 unspecified atom stereocenters. The number of methoxy groups -OCH3 is 1.